The van der Waals surface area contributed by atoms with Gasteiger partial charge in [0, 0.05) is 32.6 Å². The summed E-state index contributed by atoms with van der Waals surface area (Å²) in [5, 5.41) is 12.0. The molecule has 1 saturated heterocycles. The van der Waals surface area contributed by atoms with Crippen molar-refractivity contribution in [3.05, 3.63) is 11.6 Å². The second-order valence-electron chi connectivity index (χ2n) is 5.53. The van der Waals surface area contributed by atoms with E-state index in [4.69, 9.17) is 4.74 Å². The van der Waals surface area contributed by atoms with Gasteiger partial charge in [0.05, 0.1) is 19.3 Å². The van der Waals surface area contributed by atoms with Crippen LogP contribution in [0.2, 0.25) is 0 Å². The van der Waals surface area contributed by atoms with Crippen molar-refractivity contribution >= 4 is 0 Å². The molecule has 1 N–H and O–H groups in total. The van der Waals surface area contributed by atoms with Crippen LogP contribution in [0, 0.1) is 0 Å². The van der Waals surface area contributed by atoms with Crippen LogP contribution in [-0.4, -0.2) is 59.1 Å². The highest BCUT2D eigenvalue weighted by Gasteiger charge is 2.19. The third-order valence-electron chi connectivity index (χ3n) is 3.87. The number of rotatable bonds is 4. The van der Waals surface area contributed by atoms with Gasteiger partial charge in [-0.1, -0.05) is 0 Å². The first-order chi connectivity index (χ1) is 9.33. The first-order valence-electron chi connectivity index (χ1n) is 7.25. The second-order valence-corrected chi connectivity index (χ2v) is 5.53. The van der Waals surface area contributed by atoms with Gasteiger partial charge in [0.2, 0.25) is 0 Å². The van der Waals surface area contributed by atoms with Gasteiger partial charge in [0.25, 0.3) is 0 Å². The summed E-state index contributed by atoms with van der Waals surface area (Å²) in [7, 11) is 2.13. The van der Waals surface area contributed by atoms with E-state index < -0.39 is 0 Å². The summed E-state index contributed by atoms with van der Waals surface area (Å²) < 4.78 is 8.03. The average molecular weight is 265 g/mol. The van der Waals surface area contributed by atoms with Crippen LogP contribution in [0.15, 0.2) is 0 Å². The van der Waals surface area contributed by atoms with E-state index in [0.29, 0.717) is 6.10 Å². The molecule has 0 amide bonds. The summed E-state index contributed by atoms with van der Waals surface area (Å²) in [6, 6.07) is 0. The second kappa shape index (κ2) is 5.98. The molecule has 3 rings (SSSR count). The van der Waals surface area contributed by atoms with Gasteiger partial charge >= 0.3 is 0 Å². The zero-order valence-corrected chi connectivity index (χ0v) is 11.6. The molecule has 0 radical (unpaired) electrons. The minimum atomic E-state index is 0.294. The molecule has 2 aliphatic rings. The Balaban J connectivity index is 1.56. The van der Waals surface area contributed by atoms with Gasteiger partial charge in [-0.3, -0.25) is 4.90 Å². The Kier molecular flexibility index (Phi) is 4.10. The molecular weight excluding hydrogens is 242 g/mol. The molecule has 1 aromatic heterocycles. The maximum Gasteiger partial charge on any atom is 0.147 e. The molecule has 0 spiro atoms. The molecule has 19 heavy (non-hydrogen) atoms. The number of nitrogens with one attached hydrogen (secondary N) is 1. The molecule has 0 aromatic carbocycles. The number of likely N-dealkylation sites (N-methyl/N-ethyl adjacent to an activating group) is 1. The molecule has 106 valence electrons. The van der Waals surface area contributed by atoms with Crippen molar-refractivity contribution in [1.29, 1.82) is 0 Å². The molecule has 1 fully saturated rings. The number of aryl methyl sites for hydroxylation is 1. The molecule has 1 atom stereocenters. The van der Waals surface area contributed by atoms with Crippen molar-refractivity contribution in [2.45, 2.75) is 38.5 Å². The van der Waals surface area contributed by atoms with E-state index >= 15 is 0 Å². The number of nitrogens with zero attached hydrogens (tertiary/aromatic N) is 4. The average Bonchev–Trinajstić information content (AvgIpc) is 2.83. The minimum Gasteiger partial charge on any atom is -0.374 e. The highest BCUT2D eigenvalue weighted by atomic mass is 16.5. The van der Waals surface area contributed by atoms with E-state index in [-0.39, 0.29) is 0 Å². The Morgan fingerprint density at radius 1 is 1.42 bits per heavy atom. The molecule has 3 heterocycles. The van der Waals surface area contributed by atoms with Crippen molar-refractivity contribution < 1.29 is 4.74 Å². The standard InChI is InChI=1S/C13H23N5O/c1-17(9-11-8-14-5-7-19-11)10-13-16-15-12-4-2-3-6-18(12)13/h11,14H,2-10H2,1H3. The molecule has 0 saturated carbocycles. The van der Waals surface area contributed by atoms with Crippen molar-refractivity contribution in [3.63, 3.8) is 0 Å². The number of aromatic nitrogens is 3. The van der Waals surface area contributed by atoms with E-state index in [2.05, 4.69) is 32.0 Å². The van der Waals surface area contributed by atoms with Crippen molar-refractivity contribution in [1.82, 2.24) is 25.0 Å². The molecule has 0 bridgehead atoms. The first-order valence-corrected chi connectivity index (χ1v) is 7.25. The topological polar surface area (TPSA) is 55.2 Å². The fourth-order valence-electron chi connectivity index (χ4n) is 2.88. The minimum absolute atomic E-state index is 0.294. The predicted molar refractivity (Wildman–Crippen MR) is 71.9 cm³/mol. The summed E-state index contributed by atoms with van der Waals surface area (Å²) >= 11 is 0. The Hall–Kier alpha value is -0.980. The van der Waals surface area contributed by atoms with Gasteiger partial charge < -0.3 is 14.6 Å². The predicted octanol–water partition coefficient (Wildman–Crippen LogP) is 0.0346. The van der Waals surface area contributed by atoms with Crippen molar-refractivity contribution in [2.24, 2.45) is 0 Å². The van der Waals surface area contributed by atoms with Crippen LogP contribution in [-0.2, 0) is 24.2 Å². The molecule has 2 aliphatic heterocycles. The first kappa shape index (κ1) is 13.0. The zero-order chi connectivity index (χ0) is 13.1. The number of hydrogen-bond acceptors (Lipinski definition) is 5. The smallest absolute Gasteiger partial charge is 0.147 e. The van der Waals surface area contributed by atoms with E-state index in [1.165, 1.54) is 12.8 Å². The zero-order valence-electron chi connectivity index (χ0n) is 11.6. The summed E-state index contributed by atoms with van der Waals surface area (Å²) in [4.78, 5) is 2.28. The molecule has 0 aliphatic carbocycles. The van der Waals surface area contributed by atoms with E-state index in [0.717, 1.165) is 57.4 Å². The summed E-state index contributed by atoms with van der Waals surface area (Å²) in [5.41, 5.74) is 0. The third-order valence-corrected chi connectivity index (χ3v) is 3.87. The Labute approximate surface area is 114 Å². The van der Waals surface area contributed by atoms with Crippen LogP contribution in [0.25, 0.3) is 0 Å². The highest BCUT2D eigenvalue weighted by Crippen LogP contribution is 2.15. The van der Waals surface area contributed by atoms with Gasteiger partial charge in [0.1, 0.15) is 11.6 Å². The van der Waals surface area contributed by atoms with Gasteiger partial charge in [0.15, 0.2) is 0 Å². The van der Waals surface area contributed by atoms with E-state index in [9.17, 15) is 0 Å². The number of hydrogen-bond donors (Lipinski definition) is 1. The normalized spacial score (nSPS) is 23.6. The molecule has 6 heteroatoms. The maximum absolute atomic E-state index is 5.73. The van der Waals surface area contributed by atoms with Gasteiger partial charge in [-0.15, -0.1) is 10.2 Å². The Morgan fingerprint density at radius 2 is 2.37 bits per heavy atom. The van der Waals surface area contributed by atoms with Crippen LogP contribution in [0.5, 0.6) is 0 Å². The fourth-order valence-corrected chi connectivity index (χ4v) is 2.88. The lowest BCUT2D eigenvalue weighted by molar-refractivity contribution is 0.00831. The number of ether oxygens (including phenoxy) is 1. The van der Waals surface area contributed by atoms with Crippen LogP contribution >= 0.6 is 0 Å². The summed E-state index contributed by atoms with van der Waals surface area (Å²) in [6.07, 6.45) is 3.86. The van der Waals surface area contributed by atoms with Gasteiger partial charge in [-0.2, -0.15) is 0 Å². The largest absolute Gasteiger partial charge is 0.374 e. The van der Waals surface area contributed by atoms with Crippen molar-refractivity contribution in [3.8, 4) is 0 Å². The summed E-state index contributed by atoms with van der Waals surface area (Å²) in [6.45, 7) is 5.61. The van der Waals surface area contributed by atoms with Crippen LogP contribution in [0.4, 0.5) is 0 Å². The lowest BCUT2D eigenvalue weighted by Gasteiger charge is -2.28. The quantitative estimate of drug-likeness (QED) is 0.833. The van der Waals surface area contributed by atoms with Crippen LogP contribution in [0.1, 0.15) is 24.5 Å². The molecule has 1 aromatic rings. The molecular formula is C13H23N5O. The SMILES string of the molecule is CN(Cc1nnc2n1CCCC2)CC1CNCCO1. The number of fused-ring (bicyclic) bond motifs is 1. The van der Waals surface area contributed by atoms with Gasteiger partial charge in [-0.25, -0.2) is 0 Å². The summed E-state index contributed by atoms with van der Waals surface area (Å²) in [5.74, 6) is 2.26. The molecule has 6 nitrogen and oxygen atoms in total. The monoisotopic (exact) mass is 265 g/mol. The molecule has 1 unspecified atom stereocenters. The lowest BCUT2D eigenvalue weighted by atomic mass is 10.1. The third kappa shape index (κ3) is 3.13. The van der Waals surface area contributed by atoms with Crippen molar-refractivity contribution in [2.75, 3.05) is 33.3 Å². The fraction of sp³-hybridized carbons (Fsp3) is 0.846. The van der Waals surface area contributed by atoms with Crippen LogP contribution in [0.3, 0.4) is 0 Å². The van der Waals surface area contributed by atoms with Crippen LogP contribution < -0.4 is 5.32 Å². The highest BCUT2D eigenvalue weighted by molar-refractivity contribution is 4.98. The van der Waals surface area contributed by atoms with E-state index in [1.807, 2.05) is 0 Å². The Bertz CT molecular complexity index is 413. The van der Waals surface area contributed by atoms with Gasteiger partial charge in [-0.05, 0) is 19.9 Å². The van der Waals surface area contributed by atoms with E-state index in [1.54, 1.807) is 0 Å². The Morgan fingerprint density at radius 3 is 3.21 bits per heavy atom. The number of morpholine rings is 1. The maximum atomic E-state index is 5.73. The lowest BCUT2D eigenvalue weighted by Crippen LogP contribution is -2.44.